The molecule has 6 nitrogen and oxygen atoms in total. The van der Waals surface area contributed by atoms with Gasteiger partial charge in [-0.3, -0.25) is 4.79 Å². The normalized spacial score (nSPS) is 20.0. The monoisotopic (exact) mass is 338 g/mol. The third kappa shape index (κ3) is 3.73. The molecule has 1 amide bonds. The molecule has 1 aromatic rings. The van der Waals surface area contributed by atoms with E-state index in [2.05, 4.69) is 5.32 Å². The van der Waals surface area contributed by atoms with E-state index in [4.69, 9.17) is 4.74 Å². The molecule has 1 saturated carbocycles. The van der Waals surface area contributed by atoms with Gasteiger partial charge in [0.15, 0.2) is 0 Å². The second kappa shape index (κ2) is 6.98. The highest BCUT2D eigenvalue weighted by Gasteiger charge is 2.27. The fourth-order valence-electron chi connectivity index (χ4n) is 2.77. The second-order valence-corrected chi connectivity index (χ2v) is 7.99. The average Bonchev–Trinajstić information content (AvgIpc) is 2.54. The van der Waals surface area contributed by atoms with Crippen LogP contribution in [0.4, 0.5) is 0 Å². The topological polar surface area (TPSA) is 75.7 Å². The van der Waals surface area contributed by atoms with Gasteiger partial charge in [0.1, 0.15) is 0 Å². The van der Waals surface area contributed by atoms with Gasteiger partial charge >= 0.3 is 0 Å². The maximum Gasteiger partial charge on any atom is 0.251 e. The standard InChI is InChI=1S/C16H22N2O4S/c19-16(17-12-13-3-1-4-13)14-5-2-6-15(11-14)23(20,21)18-7-9-22-10-8-18/h2,5-6,11,13H,1,3-4,7-10,12H2,(H,17,19). The highest BCUT2D eigenvalue weighted by atomic mass is 32.2. The molecule has 0 spiro atoms. The van der Waals surface area contributed by atoms with Crippen LogP contribution in [0.5, 0.6) is 0 Å². The summed E-state index contributed by atoms with van der Waals surface area (Å²) in [5.74, 6) is 0.357. The smallest absolute Gasteiger partial charge is 0.251 e. The number of carbonyl (C=O) groups excluding carboxylic acids is 1. The second-order valence-electron chi connectivity index (χ2n) is 6.05. The highest BCUT2D eigenvalue weighted by Crippen LogP contribution is 2.25. The molecule has 2 aliphatic rings. The van der Waals surface area contributed by atoms with E-state index in [1.54, 1.807) is 12.1 Å². The lowest BCUT2D eigenvalue weighted by atomic mass is 9.85. The first-order valence-corrected chi connectivity index (χ1v) is 9.47. The number of amides is 1. The summed E-state index contributed by atoms with van der Waals surface area (Å²) in [7, 11) is -3.57. The first kappa shape index (κ1) is 16.4. The predicted octanol–water partition coefficient (Wildman–Crippen LogP) is 1.24. The molecule has 1 saturated heterocycles. The van der Waals surface area contributed by atoms with Crippen molar-refractivity contribution in [2.24, 2.45) is 5.92 Å². The molecule has 0 radical (unpaired) electrons. The number of morpholine rings is 1. The van der Waals surface area contributed by atoms with Crippen molar-refractivity contribution in [1.82, 2.24) is 9.62 Å². The lowest BCUT2D eigenvalue weighted by molar-refractivity contribution is 0.0730. The van der Waals surface area contributed by atoms with Crippen LogP contribution in [0.2, 0.25) is 0 Å². The molecule has 1 aromatic carbocycles. The maximum atomic E-state index is 12.6. The van der Waals surface area contributed by atoms with E-state index in [0.717, 1.165) is 12.8 Å². The van der Waals surface area contributed by atoms with Gasteiger partial charge in [0.25, 0.3) is 5.91 Å². The van der Waals surface area contributed by atoms with Gasteiger partial charge in [0.2, 0.25) is 10.0 Å². The third-order valence-electron chi connectivity index (χ3n) is 4.48. The van der Waals surface area contributed by atoms with Crippen LogP contribution in [0.3, 0.4) is 0 Å². The lowest BCUT2D eigenvalue weighted by Crippen LogP contribution is -2.40. The zero-order chi connectivity index (χ0) is 16.3. The Morgan fingerprint density at radius 3 is 2.65 bits per heavy atom. The first-order chi connectivity index (χ1) is 11.1. The Kier molecular flexibility index (Phi) is 4.99. The summed E-state index contributed by atoms with van der Waals surface area (Å²) < 4.78 is 31.8. The average molecular weight is 338 g/mol. The van der Waals surface area contributed by atoms with Gasteiger partial charge in [-0.2, -0.15) is 4.31 Å². The van der Waals surface area contributed by atoms with Gasteiger partial charge in [0, 0.05) is 25.2 Å². The minimum Gasteiger partial charge on any atom is -0.379 e. The highest BCUT2D eigenvalue weighted by molar-refractivity contribution is 7.89. The summed E-state index contributed by atoms with van der Waals surface area (Å²) in [6.45, 7) is 2.17. The van der Waals surface area contributed by atoms with E-state index in [0.29, 0.717) is 44.3 Å². The third-order valence-corrected chi connectivity index (χ3v) is 6.37. The SMILES string of the molecule is O=C(NCC1CCC1)c1cccc(S(=O)(=O)N2CCOCC2)c1. The largest absolute Gasteiger partial charge is 0.379 e. The van der Waals surface area contributed by atoms with Crippen molar-refractivity contribution in [3.63, 3.8) is 0 Å². The summed E-state index contributed by atoms with van der Waals surface area (Å²) in [5.41, 5.74) is 0.388. The molecule has 1 aliphatic carbocycles. The van der Waals surface area contributed by atoms with E-state index in [1.165, 1.54) is 22.9 Å². The molecular weight excluding hydrogens is 316 g/mol. The zero-order valence-electron chi connectivity index (χ0n) is 13.0. The lowest BCUT2D eigenvalue weighted by Gasteiger charge is -2.26. The van der Waals surface area contributed by atoms with E-state index < -0.39 is 10.0 Å². The molecular formula is C16H22N2O4S. The van der Waals surface area contributed by atoms with Crippen LogP contribution in [-0.2, 0) is 14.8 Å². The molecule has 2 fully saturated rings. The molecule has 1 heterocycles. The van der Waals surface area contributed by atoms with Crippen LogP contribution in [0.15, 0.2) is 29.2 Å². The Balaban J connectivity index is 1.71. The van der Waals surface area contributed by atoms with Gasteiger partial charge in [-0.25, -0.2) is 8.42 Å². The van der Waals surface area contributed by atoms with Crippen molar-refractivity contribution in [2.45, 2.75) is 24.2 Å². The number of benzene rings is 1. The summed E-state index contributed by atoms with van der Waals surface area (Å²) in [6, 6.07) is 6.26. The van der Waals surface area contributed by atoms with Crippen LogP contribution < -0.4 is 5.32 Å². The van der Waals surface area contributed by atoms with E-state index >= 15 is 0 Å². The molecule has 7 heteroatoms. The molecule has 0 unspecified atom stereocenters. The van der Waals surface area contributed by atoms with E-state index in [1.807, 2.05) is 0 Å². The minimum atomic E-state index is -3.57. The Bertz CT molecular complexity index is 664. The predicted molar refractivity (Wildman–Crippen MR) is 85.7 cm³/mol. The van der Waals surface area contributed by atoms with Crippen molar-refractivity contribution in [3.8, 4) is 0 Å². The van der Waals surface area contributed by atoms with Gasteiger partial charge in [0.05, 0.1) is 18.1 Å². The number of nitrogens with one attached hydrogen (secondary N) is 1. The van der Waals surface area contributed by atoms with Crippen molar-refractivity contribution in [1.29, 1.82) is 0 Å². The molecule has 126 valence electrons. The molecule has 3 rings (SSSR count). The fourth-order valence-corrected chi connectivity index (χ4v) is 4.22. The molecule has 0 atom stereocenters. The van der Waals surface area contributed by atoms with Gasteiger partial charge in [-0.05, 0) is 37.0 Å². The first-order valence-electron chi connectivity index (χ1n) is 8.03. The Morgan fingerprint density at radius 1 is 1.26 bits per heavy atom. The maximum absolute atomic E-state index is 12.6. The Hall–Kier alpha value is -1.44. The fraction of sp³-hybridized carbons (Fsp3) is 0.562. The number of hydrogen-bond donors (Lipinski definition) is 1. The number of ether oxygens (including phenoxy) is 1. The minimum absolute atomic E-state index is 0.163. The number of hydrogen-bond acceptors (Lipinski definition) is 4. The quantitative estimate of drug-likeness (QED) is 0.876. The number of rotatable bonds is 5. The van der Waals surface area contributed by atoms with Gasteiger partial charge in [-0.15, -0.1) is 0 Å². The van der Waals surface area contributed by atoms with Crippen molar-refractivity contribution < 1.29 is 17.9 Å². The molecule has 0 bridgehead atoms. The number of carbonyl (C=O) groups is 1. The molecule has 1 N–H and O–H groups in total. The van der Waals surface area contributed by atoms with Crippen LogP contribution in [0, 0.1) is 5.92 Å². The number of nitrogens with zero attached hydrogens (tertiary/aromatic N) is 1. The summed E-state index contributed by atoms with van der Waals surface area (Å²) in [4.78, 5) is 12.4. The van der Waals surface area contributed by atoms with Crippen LogP contribution >= 0.6 is 0 Å². The van der Waals surface area contributed by atoms with E-state index in [9.17, 15) is 13.2 Å². The van der Waals surface area contributed by atoms with Crippen LogP contribution in [0.1, 0.15) is 29.6 Å². The Labute approximate surface area is 136 Å². The zero-order valence-corrected chi connectivity index (χ0v) is 13.8. The molecule has 23 heavy (non-hydrogen) atoms. The van der Waals surface area contributed by atoms with Gasteiger partial charge in [-0.1, -0.05) is 12.5 Å². The van der Waals surface area contributed by atoms with Crippen LogP contribution in [-0.4, -0.2) is 51.5 Å². The number of sulfonamides is 1. The molecule has 1 aliphatic heterocycles. The summed E-state index contributed by atoms with van der Waals surface area (Å²) in [6.07, 6.45) is 3.55. The van der Waals surface area contributed by atoms with Crippen LogP contribution in [0.25, 0.3) is 0 Å². The summed E-state index contributed by atoms with van der Waals surface area (Å²) in [5, 5.41) is 2.89. The Morgan fingerprint density at radius 2 is 2.00 bits per heavy atom. The van der Waals surface area contributed by atoms with Crippen molar-refractivity contribution in [3.05, 3.63) is 29.8 Å². The van der Waals surface area contributed by atoms with Crippen molar-refractivity contribution >= 4 is 15.9 Å². The van der Waals surface area contributed by atoms with Crippen molar-refractivity contribution in [2.75, 3.05) is 32.8 Å². The molecule has 0 aromatic heterocycles. The van der Waals surface area contributed by atoms with Gasteiger partial charge < -0.3 is 10.1 Å². The summed E-state index contributed by atoms with van der Waals surface area (Å²) >= 11 is 0. The van der Waals surface area contributed by atoms with E-state index in [-0.39, 0.29) is 10.8 Å².